The van der Waals surface area contributed by atoms with Crippen LogP contribution in [-0.2, 0) is 11.3 Å². The molecule has 1 N–H and O–H groups in total. The predicted molar refractivity (Wildman–Crippen MR) is 124 cm³/mol. The quantitative estimate of drug-likeness (QED) is 0.597. The fourth-order valence-corrected chi connectivity index (χ4v) is 3.85. The molecule has 0 aliphatic carbocycles. The molecule has 0 radical (unpaired) electrons. The van der Waals surface area contributed by atoms with Gasteiger partial charge < -0.3 is 10.1 Å². The van der Waals surface area contributed by atoms with Gasteiger partial charge in [0.15, 0.2) is 0 Å². The van der Waals surface area contributed by atoms with Crippen molar-refractivity contribution in [2.75, 3.05) is 4.90 Å². The first-order chi connectivity index (χ1) is 15.4. The smallest absolute Gasteiger partial charge is 0.260 e. The Morgan fingerprint density at radius 2 is 1.81 bits per heavy atom. The van der Waals surface area contributed by atoms with Crippen LogP contribution in [0.1, 0.15) is 53.5 Å². The molecule has 6 nitrogen and oxygen atoms in total. The maximum atomic E-state index is 13.1. The number of amides is 2. The number of ether oxygens (including phenoxy) is 1. The average molecular weight is 430 g/mol. The minimum Gasteiger partial charge on any atom is -0.491 e. The van der Waals surface area contributed by atoms with Crippen LogP contribution in [-0.4, -0.2) is 22.9 Å². The van der Waals surface area contributed by atoms with Crippen molar-refractivity contribution in [1.82, 2.24) is 10.3 Å². The maximum Gasteiger partial charge on any atom is 0.260 e. The number of benzene rings is 2. The standard InChI is InChI=1S/C26H27N3O3/c1-17(2)32-21-12-8-19(9-13-21)16-28-24(30)15-23-25-22(5-4-14-27-25)26(31)29(23)20-10-6-18(3)7-11-20/h4-14,17,23H,15-16H2,1-3H3,(H,28,30). The second kappa shape index (κ2) is 9.22. The lowest BCUT2D eigenvalue weighted by atomic mass is 10.1. The molecule has 6 heteroatoms. The van der Waals surface area contributed by atoms with E-state index in [4.69, 9.17) is 4.74 Å². The summed E-state index contributed by atoms with van der Waals surface area (Å²) in [4.78, 5) is 32.0. The highest BCUT2D eigenvalue weighted by molar-refractivity contribution is 6.11. The Balaban J connectivity index is 1.47. The largest absolute Gasteiger partial charge is 0.491 e. The molecule has 0 saturated carbocycles. The molecule has 4 rings (SSSR count). The molecule has 1 aliphatic heterocycles. The van der Waals surface area contributed by atoms with Crippen LogP contribution in [0, 0.1) is 6.92 Å². The summed E-state index contributed by atoms with van der Waals surface area (Å²) in [5.74, 6) is 0.535. The summed E-state index contributed by atoms with van der Waals surface area (Å²) in [5.41, 5.74) is 4.04. The van der Waals surface area contributed by atoms with E-state index >= 15 is 0 Å². The number of carbonyl (C=O) groups excluding carboxylic acids is 2. The number of fused-ring (bicyclic) bond motifs is 1. The third-order valence-corrected chi connectivity index (χ3v) is 5.39. The van der Waals surface area contributed by atoms with Gasteiger partial charge in [0.1, 0.15) is 5.75 Å². The fourth-order valence-electron chi connectivity index (χ4n) is 3.85. The monoisotopic (exact) mass is 429 g/mol. The minimum atomic E-state index is -0.441. The Hall–Kier alpha value is -3.67. The van der Waals surface area contributed by atoms with Gasteiger partial charge in [0.05, 0.1) is 29.8 Å². The van der Waals surface area contributed by atoms with Gasteiger partial charge in [-0.3, -0.25) is 19.5 Å². The van der Waals surface area contributed by atoms with Crippen LogP contribution in [0.25, 0.3) is 0 Å². The van der Waals surface area contributed by atoms with Crippen LogP contribution >= 0.6 is 0 Å². The number of nitrogens with zero attached hydrogens (tertiary/aromatic N) is 2. The van der Waals surface area contributed by atoms with Gasteiger partial charge in [-0.2, -0.15) is 0 Å². The van der Waals surface area contributed by atoms with Crippen LogP contribution in [0.5, 0.6) is 5.75 Å². The molecular formula is C26H27N3O3. The summed E-state index contributed by atoms with van der Waals surface area (Å²) >= 11 is 0. The SMILES string of the molecule is Cc1ccc(N2C(=O)c3cccnc3C2CC(=O)NCc2ccc(OC(C)C)cc2)cc1. The Kier molecular flexibility index (Phi) is 6.21. The summed E-state index contributed by atoms with van der Waals surface area (Å²) in [5, 5.41) is 2.97. The molecule has 32 heavy (non-hydrogen) atoms. The lowest BCUT2D eigenvalue weighted by molar-refractivity contribution is -0.121. The molecule has 0 spiro atoms. The van der Waals surface area contributed by atoms with E-state index in [9.17, 15) is 9.59 Å². The van der Waals surface area contributed by atoms with E-state index in [2.05, 4.69) is 10.3 Å². The number of pyridine rings is 1. The summed E-state index contributed by atoms with van der Waals surface area (Å²) in [6.45, 7) is 6.36. The summed E-state index contributed by atoms with van der Waals surface area (Å²) in [7, 11) is 0. The summed E-state index contributed by atoms with van der Waals surface area (Å²) < 4.78 is 5.66. The van der Waals surface area contributed by atoms with Gasteiger partial charge in [-0.1, -0.05) is 29.8 Å². The van der Waals surface area contributed by atoms with Gasteiger partial charge >= 0.3 is 0 Å². The molecular weight excluding hydrogens is 402 g/mol. The zero-order chi connectivity index (χ0) is 22.7. The van der Waals surface area contributed by atoms with E-state index in [0.717, 1.165) is 22.6 Å². The average Bonchev–Trinajstić information content (AvgIpc) is 3.05. The Morgan fingerprint density at radius 3 is 2.50 bits per heavy atom. The van der Waals surface area contributed by atoms with Crippen molar-refractivity contribution in [3.8, 4) is 5.75 Å². The molecule has 0 saturated heterocycles. The van der Waals surface area contributed by atoms with Crippen LogP contribution < -0.4 is 15.0 Å². The molecule has 0 fully saturated rings. The van der Waals surface area contributed by atoms with Crippen molar-refractivity contribution in [3.05, 3.63) is 89.2 Å². The number of nitrogens with one attached hydrogen (secondary N) is 1. The summed E-state index contributed by atoms with van der Waals surface area (Å²) in [6, 6.07) is 18.5. The lowest BCUT2D eigenvalue weighted by Gasteiger charge is -2.24. The van der Waals surface area contributed by atoms with E-state index in [-0.39, 0.29) is 24.3 Å². The minimum absolute atomic E-state index is 0.114. The molecule has 2 aromatic carbocycles. The second-order valence-electron chi connectivity index (χ2n) is 8.25. The van der Waals surface area contributed by atoms with Gasteiger partial charge in [-0.25, -0.2) is 0 Å². The highest BCUT2D eigenvalue weighted by Gasteiger charge is 2.39. The van der Waals surface area contributed by atoms with E-state index in [1.54, 1.807) is 23.2 Å². The van der Waals surface area contributed by atoms with Gasteiger partial charge in [-0.05, 0) is 62.7 Å². The van der Waals surface area contributed by atoms with Crippen LogP contribution in [0.15, 0.2) is 66.9 Å². The number of aromatic nitrogens is 1. The van der Waals surface area contributed by atoms with Gasteiger partial charge in [0.25, 0.3) is 5.91 Å². The van der Waals surface area contributed by atoms with Crippen molar-refractivity contribution < 1.29 is 14.3 Å². The van der Waals surface area contributed by atoms with Crippen LogP contribution in [0.3, 0.4) is 0 Å². The van der Waals surface area contributed by atoms with Crippen LogP contribution in [0.2, 0.25) is 0 Å². The van der Waals surface area contributed by atoms with E-state index in [1.165, 1.54) is 0 Å². The maximum absolute atomic E-state index is 13.1. The number of aryl methyl sites for hydroxylation is 1. The molecule has 2 amide bonds. The molecule has 1 atom stereocenters. The van der Waals surface area contributed by atoms with Crippen molar-refractivity contribution in [2.24, 2.45) is 0 Å². The predicted octanol–water partition coefficient (Wildman–Crippen LogP) is 4.59. The third kappa shape index (κ3) is 4.64. The molecule has 0 bridgehead atoms. The number of rotatable bonds is 7. The normalized spacial score (nSPS) is 15.1. The lowest BCUT2D eigenvalue weighted by Crippen LogP contribution is -2.33. The second-order valence-corrected chi connectivity index (χ2v) is 8.25. The molecule has 1 aliphatic rings. The molecule has 3 aromatic rings. The third-order valence-electron chi connectivity index (χ3n) is 5.39. The van der Waals surface area contributed by atoms with Crippen molar-refractivity contribution in [1.29, 1.82) is 0 Å². The Bertz CT molecular complexity index is 1110. The first kappa shape index (κ1) is 21.6. The van der Waals surface area contributed by atoms with Gasteiger partial charge in [0.2, 0.25) is 5.91 Å². The van der Waals surface area contributed by atoms with E-state index < -0.39 is 6.04 Å². The Labute approximate surface area is 188 Å². The van der Waals surface area contributed by atoms with E-state index in [0.29, 0.717) is 17.8 Å². The van der Waals surface area contributed by atoms with Gasteiger partial charge in [0, 0.05) is 18.4 Å². The molecule has 164 valence electrons. The Morgan fingerprint density at radius 1 is 1.09 bits per heavy atom. The molecule has 1 aromatic heterocycles. The van der Waals surface area contributed by atoms with Crippen molar-refractivity contribution >= 4 is 17.5 Å². The molecule has 1 unspecified atom stereocenters. The highest BCUT2D eigenvalue weighted by atomic mass is 16.5. The van der Waals surface area contributed by atoms with Gasteiger partial charge in [-0.15, -0.1) is 0 Å². The van der Waals surface area contributed by atoms with Crippen molar-refractivity contribution in [2.45, 2.75) is 45.9 Å². The van der Waals surface area contributed by atoms with Crippen LogP contribution in [0.4, 0.5) is 5.69 Å². The first-order valence-corrected chi connectivity index (χ1v) is 10.8. The van der Waals surface area contributed by atoms with Crippen molar-refractivity contribution in [3.63, 3.8) is 0 Å². The number of hydrogen-bond acceptors (Lipinski definition) is 4. The topological polar surface area (TPSA) is 71.5 Å². The van der Waals surface area contributed by atoms with E-state index in [1.807, 2.05) is 69.3 Å². The number of hydrogen-bond donors (Lipinski definition) is 1. The highest BCUT2D eigenvalue weighted by Crippen LogP contribution is 2.38. The number of anilines is 1. The zero-order valence-electron chi connectivity index (χ0n) is 18.5. The zero-order valence-corrected chi connectivity index (χ0v) is 18.5. The number of carbonyl (C=O) groups is 2. The summed E-state index contributed by atoms with van der Waals surface area (Å²) in [6.07, 6.45) is 1.91. The first-order valence-electron chi connectivity index (χ1n) is 10.8. The molecule has 2 heterocycles. The fraction of sp³-hybridized carbons (Fsp3) is 0.269.